The van der Waals surface area contributed by atoms with Crippen molar-refractivity contribution in [1.82, 2.24) is 19.4 Å². The molecule has 0 N–H and O–H groups in total. The van der Waals surface area contributed by atoms with Gasteiger partial charge in [-0.2, -0.15) is 13.2 Å². The molecule has 1 aliphatic rings. The molecule has 3 aromatic rings. The highest BCUT2D eigenvalue weighted by Gasteiger charge is 2.32. The van der Waals surface area contributed by atoms with E-state index in [1.54, 1.807) is 15.9 Å². The van der Waals surface area contributed by atoms with E-state index in [9.17, 15) is 18.0 Å². The number of carbonyl (C=O) groups is 1. The van der Waals surface area contributed by atoms with Gasteiger partial charge >= 0.3 is 6.18 Å². The number of aromatic nitrogens is 3. The van der Waals surface area contributed by atoms with Crippen LogP contribution in [0.3, 0.4) is 0 Å². The van der Waals surface area contributed by atoms with Crippen molar-refractivity contribution in [2.75, 3.05) is 36.8 Å². The van der Waals surface area contributed by atoms with Crippen molar-refractivity contribution in [2.24, 2.45) is 0 Å². The van der Waals surface area contributed by atoms with E-state index in [1.165, 1.54) is 11.8 Å². The Balaban J connectivity index is 1.36. The smallest absolute Gasteiger partial charge is 0.352 e. The molecule has 1 amide bonds. The molecule has 0 saturated carbocycles. The number of piperazine rings is 1. The number of alkyl halides is 3. The maximum atomic E-state index is 12.8. The zero-order valence-electron chi connectivity index (χ0n) is 17.6. The molecule has 1 saturated heterocycles. The van der Waals surface area contributed by atoms with Crippen molar-refractivity contribution in [2.45, 2.75) is 17.9 Å². The van der Waals surface area contributed by atoms with Crippen LogP contribution in [0.25, 0.3) is 11.0 Å². The molecule has 0 unspecified atom stereocenters. The molecule has 6 nitrogen and oxygen atoms in total. The lowest BCUT2D eigenvalue weighted by molar-refractivity contribution is -0.137. The number of allylic oxidation sites excluding steroid dienone is 1. The van der Waals surface area contributed by atoms with Crippen molar-refractivity contribution in [1.29, 1.82) is 0 Å². The summed E-state index contributed by atoms with van der Waals surface area (Å²) in [6, 6.07) is 8.66. The minimum Gasteiger partial charge on any atom is -0.352 e. The Morgan fingerprint density at radius 3 is 2.61 bits per heavy atom. The summed E-state index contributed by atoms with van der Waals surface area (Å²) >= 11 is 7.43. The number of pyridine rings is 1. The normalized spacial score (nSPS) is 14.7. The van der Waals surface area contributed by atoms with Gasteiger partial charge in [0.15, 0.2) is 5.16 Å². The summed E-state index contributed by atoms with van der Waals surface area (Å²) in [5.74, 6) is 0.507. The molecule has 3 heterocycles. The summed E-state index contributed by atoms with van der Waals surface area (Å²) in [4.78, 5) is 24.9. The molecule has 0 atom stereocenters. The van der Waals surface area contributed by atoms with E-state index in [0.29, 0.717) is 38.5 Å². The predicted molar refractivity (Wildman–Crippen MR) is 124 cm³/mol. The van der Waals surface area contributed by atoms with Crippen LogP contribution in [0.4, 0.5) is 19.0 Å². The number of hydrogen-bond acceptors (Lipinski definition) is 5. The van der Waals surface area contributed by atoms with Gasteiger partial charge < -0.3 is 14.4 Å². The number of amides is 1. The minimum absolute atomic E-state index is 0.0247. The van der Waals surface area contributed by atoms with Crippen LogP contribution < -0.4 is 4.90 Å². The highest BCUT2D eigenvalue weighted by atomic mass is 35.5. The maximum absolute atomic E-state index is 12.8. The second-order valence-corrected chi connectivity index (χ2v) is 8.82. The van der Waals surface area contributed by atoms with Crippen LogP contribution in [0.15, 0.2) is 54.3 Å². The SMILES string of the molecule is C=CCn1c(SCC(=O)N2CCN(c3ncc(C(F)(F)F)cc3Cl)CC2)nc2ccccc21. The number of carbonyl (C=O) groups excluding carboxylic acids is 1. The van der Waals surface area contributed by atoms with Crippen LogP contribution in [0.2, 0.25) is 5.02 Å². The van der Waals surface area contributed by atoms with Crippen LogP contribution in [-0.2, 0) is 17.5 Å². The first-order valence-corrected chi connectivity index (χ1v) is 11.6. The molecule has 174 valence electrons. The number of anilines is 1. The van der Waals surface area contributed by atoms with Gasteiger partial charge in [0.25, 0.3) is 0 Å². The standard InChI is InChI=1S/C22H21ClF3N5OS/c1-2-7-31-18-6-4-3-5-17(18)28-21(31)33-14-19(32)29-8-10-30(11-9-29)20-16(23)12-15(13-27-20)22(24,25)26/h2-6,12-13H,1,7-11,14H2. The fourth-order valence-electron chi connectivity index (χ4n) is 3.67. The molecule has 1 fully saturated rings. The predicted octanol–water partition coefficient (Wildman–Crippen LogP) is 4.73. The summed E-state index contributed by atoms with van der Waals surface area (Å²) < 4.78 is 40.5. The number of nitrogens with zero attached hydrogens (tertiary/aromatic N) is 5. The second kappa shape index (κ2) is 9.64. The van der Waals surface area contributed by atoms with Crippen LogP contribution in [-0.4, -0.2) is 57.3 Å². The van der Waals surface area contributed by atoms with E-state index in [1.807, 2.05) is 28.8 Å². The first-order chi connectivity index (χ1) is 15.8. The van der Waals surface area contributed by atoms with Gasteiger partial charge in [-0.05, 0) is 18.2 Å². The number of hydrogen-bond donors (Lipinski definition) is 0. The lowest BCUT2D eigenvalue weighted by atomic mass is 10.2. The molecule has 0 radical (unpaired) electrons. The first kappa shape index (κ1) is 23.4. The summed E-state index contributed by atoms with van der Waals surface area (Å²) in [6.45, 7) is 6.13. The Labute approximate surface area is 198 Å². The molecule has 1 aromatic carbocycles. The molecule has 4 rings (SSSR count). The molecule has 2 aromatic heterocycles. The molecule has 0 spiro atoms. The zero-order valence-corrected chi connectivity index (χ0v) is 19.1. The Hall–Kier alpha value is -2.72. The Morgan fingerprint density at radius 2 is 1.94 bits per heavy atom. The van der Waals surface area contributed by atoms with Crippen LogP contribution in [0.1, 0.15) is 5.56 Å². The quantitative estimate of drug-likeness (QED) is 0.365. The van der Waals surface area contributed by atoms with Gasteiger partial charge in [-0.1, -0.05) is 41.6 Å². The fraction of sp³-hybridized carbons (Fsp3) is 0.318. The van der Waals surface area contributed by atoms with Crippen LogP contribution >= 0.6 is 23.4 Å². The Bertz CT molecular complexity index is 1170. The third-order valence-electron chi connectivity index (χ3n) is 5.34. The first-order valence-electron chi connectivity index (χ1n) is 10.2. The number of para-hydroxylation sites is 2. The van der Waals surface area contributed by atoms with Gasteiger partial charge in [-0.3, -0.25) is 4.79 Å². The minimum atomic E-state index is -4.50. The number of imidazole rings is 1. The van der Waals surface area contributed by atoms with Gasteiger partial charge in [-0.25, -0.2) is 9.97 Å². The van der Waals surface area contributed by atoms with Gasteiger partial charge in [0.05, 0.1) is 27.4 Å². The van der Waals surface area contributed by atoms with Gasteiger partial charge in [0.2, 0.25) is 5.91 Å². The average molecular weight is 496 g/mol. The van der Waals surface area contributed by atoms with Crippen molar-refractivity contribution in [3.63, 3.8) is 0 Å². The fourth-order valence-corrected chi connectivity index (χ4v) is 4.89. The van der Waals surface area contributed by atoms with E-state index in [2.05, 4.69) is 16.5 Å². The van der Waals surface area contributed by atoms with E-state index < -0.39 is 11.7 Å². The largest absolute Gasteiger partial charge is 0.417 e. The highest BCUT2D eigenvalue weighted by molar-refractivity contribution is 7.99. The number of fused-ring (bicyclic) bond motifs is 1. The molecule has 11 heteroatoms. The van der Waals surface area contributed by atoms with E-state index in [4.69, 9.17) is 11.6 Å². The molecule has 0 bridgehead atoms. The second-order valence-electron chi connectivity index (χ2n) is 7.47. The average Bonchev–Trinajstić information content (AvgIpc) is 3.15. The Morgan fingerprint density at radius 1 is 1.21 bits per heavy atom. The maximum Gasteiger partial charge on any atom is 0.417 e. The summed E-state index contributed by atoms with van der Waals surface area (Å²) in [5.41, 5.74) is 0.968. The highest BCUT2D eigenvalue weighted by Crippen LogP contribution is 2.34. The number of rotatable bonds is 6. The number of halogens is 4. The van der Waals surface area contributed by atoms with Crippen molar-refractivity contribution >= 4 is 46.1 Å². The van der Waals surface area contributed by atoms with Gasteiger partial charge in [0, 0.05) is 38.9 Å². The molecule has 0 aliphatic carbocycles. The van der Waals surface area contributed by atoms with Gasteiger partial charge in [-0.15, -0.1) is 6.58 Å². The third kappa shape index (κ3) is 5.11. The number of benzene rings is 1. The number of thioether (sulfide) groups is 1. The summed E-state index contributed by atoms with van der Waals surface area (Å²) in [5, 5.41) is 0.699. The van der Waals surface area contributed by atoms with Crippen molar-refractivity contribution < 1.29 is 18.0 Å². The van der Waals surface area contributed by atoms with Crippen molar-refractivity contribution in [3.8, 4) is 0 Å². The van der Waals surface area contributed by atoms with Crippen LogP contribution in [0.5, 0.6) is 0 Å². The third-order valence-corrected chi connectivity index (χ3v) is 6.58. The lowest BCUT2D eigenvalue weighted by Crippen LogP contribution is -2.49. The summed E-state index contributed by atoms with van der Waals surface area (Å²) in [6.07, 6.45) is -1.92. The summed E-state index contributed by atoms with van der Waals surface area (Å²) in [7, 11) is 0. The van der Waals surface area contributed by atoms with Crippen molar-refractivity contribution in [3.05, 3.63) is 59.8 Å². The molecular formula is C22H21ClF3N5OS. The topological polar surface area (TPSA) is 54.3 Å². The van der Waals surface area contributed by atoms with E-state index in [-0.39, 0.29) is 16.7 Å². The molecule has 1 aliphatic heterocycles. The van der Waals surface area contributed by atoms with E-state index in [0.717, 1.165) is 28.5 Å². The van der Waals surface area contributed by atoms with E-state index >= 15 is 0 Å². The Kier molecular flexibility index (Phi) is 6.85. The van der Waals surface area contributed by atoms with Gasteiger partial charge in [0.1, 0.15) is 5.82 Å². The monoisotopic (exact) mass is 495 g/mol. The lowest BCUT2D eigenvalue weighted by Gasteiger charge is -2.35. The molecule has 33 heavy (non-hydrogen) atoms. The van der Waals surface area contributed by atoms with Crippen LogP contribution in [0, 0.1) is 0 Å². The zero-order chi connectivity index (χ0) is 23.6. The molecular weight excluding hydrogens is 475 g/mol.